The molecule has 1 rings (SSSR count). The number of nitrogens with zero attached hydrogens (tertiary/aromatic N) is 1. The van der Waals surface area contributed by atoms with Crippen LogP contribution in [-0.2, 0) is 0 Å². The molecule has 0 aromatic carbocycles. The lowest BCUT2D eigenvalue weighted by atomic mass is 10.5. The van der Waals surface area contributed by atoms with Crippen LogP contribution in [0.2, 0.25) is 5.02 Å². The third-order valence-corrected chi connectivity index (χ3v) is 2.16. The molecule has 0 saturated carbocycles. The molecule has 0 N–H and O–H groups in total. The predicted molar refractivity (Wildman–Crippen MR) is 43.5 cm³/mol. The predicted octanol–water partition coefficient (Wildman–Crippen LogP) is 2.51. The third-order valence-electron chi connectivity index (χ3n) is 1.01. The molecule has 1 aromatic heterocycles. The highest BCUT2D eigenvalue weighted by molar-refractivity contribution is 9.10. The quantitative estimate of drug-likeness (QED) is 0.681. The molecule has 0 radical (unpaired) electrons. The lowest BCUT2D eigenvalue weighted by Gasteiger charge is -1.98. The second-order valence-electron chi connectivity index (χ2n) is 1.65. The Morgan fingerprint density at radius 2 is 2.40 bits per heavy atom. The van der Waals surface area contributed by atoms with Crippen LogP contribution in [-0.4, -0.2) is 12.1 Å². The Balaban J connectivity index is 3.04. The largest absolute Gasteiger partial charge is 0.495 e. The van der Waals surface area contributed by atoms with E-state index in [4.69, 9.17) is 16.3 Å². The SMILES string of the molecule is COc1cnc(Br)c(Cl)c1. The molecule has 2 nitrogen and oxygen atoms in total. The molecule has 0 saturated heterocycles. The van der Waals surface area contributed by atoms with E-state index in [0.717, 1.165) is 0 Å². The van der Waals surface area contributed by atoms with Gasteiger partial charge in [0.25, 0.3) is 0 Å². The lowest BCUT2D eigenvalue weighted by Crippen LogP contribution is -1.84. The van der Waals surface area contributed by atoms with Crippen molar-refractivity contribution in [3.05, 3.63) is 21.9 Å². The van der Waals surface area contributed by atoms with E-state index in [1.165, 1.54) is 0 Å². The summed E-state index contributed by atoms with van der Waals surface area (Å²) in [4.78, 5) is 3.91. The van der Waals surface area contributed by atoms with Crippen LogP contribution in [0, 0.1) is 0 Å². The highest BCUT2D eigenvalue weighted by Crippen LogP contribution is 2.23. The third kappa shape index (κ3) is 1.61. The maximum absolute atomic E-state index is 5.70. The Labute approximate surface area is 72.3 Å². The van der Waals surface area contributed by atoms with Crippen LogP contribution in [0.4, 0.5) is 0 Å². The molecule has 0 aliphatic carbocycles. The molecule has 10 heavy (non-hydrogen) atoms. The summed E-state index contributed by atoms with van der Waals surface area (Å²) in [6, 6.07) is 1.69. The highest BCUT2D eigenvalue weighted by atomic mass is 79.9. The normalized spacial score (nSPS) is 9.50. The van der Waals surface area contributed by atoms with Gasteiger partial charge in [-0.2, -0.15) is 0 Å². The molecule has 4 heteroatoms. The minimum atomic E-state index is 0.555. The molecule has 1 heterocycles. The topological polar surface area (TPSA) is 22.1 Å². The van der Waals surface area contributed by atoms with Gasteiger partial charge in [0, 0.05) is 6.07 Å². The summed E-state index contributed by atoms with van der Waals surface area (Å²) >= 11 is 8.86. The van der Waals surface area contributed by atoms with Crippen molar-refractivity contribution < 1.29 is 4.74 Å². The molecule has 0 atom stereocenters. The van der Waals surface area contributed by atoms with E-state index in [2.05, 4.69) is 20.9 Å². The average Bonchev–Trinajstić information content (AvgIpc) is 1.95. The van der Waals surface area contributed by atoms with E-state index in [9.17, 15) is 0 Å². The number of hydrogen-bond acceptors (Lipinski definition) is 2. The van der Waals surface area contributed by atoms with Crippen molar-refractivity contribution in [1.29, 1.82) is 0 Å². The molecular formula is C6H5BrClNO. The maximum atomic E-state index is 5.70. The monoisotopic (exact) mass is 221 g/mol. The fourth-order valence-electron chi connectivity index (χ4n) is 0.515. The Kier molecular flexibility index (Phi) is 2.51. The summed E-state index contributed by atoms with van der Waals surface area (Å²) < 4.78 is 5.52. The minimum Gasteiger partial charge on any atom is -0.495 e. The van der Waals surface area contributed by atoms with Crippen LogP contribution in [0.15, 0.2) is 16.9 Å². The van der Waals surface area contributed by atoms with Gasteiger partial charge in [-0.25, -0.2) is 4.98 Å². The molecule has 0 spiro atoms. The van der Waals surface area contributed by atoms with E-state index in [-0.39, 0.29) is 0 Å². The van der Waals surface area contributed by atoms with Gasteiger partial charge in [0.1, 0.15) is 10.4 Å². The number of hydrogen-bond donors (Lipinski definition) is 0. The first-order chi connectivity index (χ1) is 4.74. The smallest absolute Gasteiger partial charge is 0.138 e. The number of ether oxygens (including phenoxy) is 1. The summed E-state index contributed by atoms with van der Waals surface area (Å²) in [5.41, 5.74) is 0. The van der Waals surface area contributed by atoms with Crippen LogP contribution in [0.3, 0.4) is 0 Å². The van der Waals surface area contributed by atoms with Crippen LogP contribution in [0.25, 0.3) is 0 Å². The summed E-state index contributed by atoms with van der Waals surface area (Å²) in [7, 11) is 1.57. The Morgan fingerprint density at radius 3 is 2.90 bits per heavy atom. The standard InChI is InChI=1S/C6H5BrClNO/c1-10-4-2-5(8)6(7)9-3-4/h2-3H,1H3. The van der Waals surface area contributed by atoms with E-state index in [1.807, 2.05) is 0 Å². The summed E-state index contributed by atoms with van der Waals surface area (Å²) in [6.07, 6.45) is 1.59. The van der Waals surface area contributed by atoms with Crippen LogP contribution in [0.5, 0.6) is 5.75 Å². The van der Waals surface area contributed by atoms with Crippen molar-refractivity contribution in [1.82, 2.24) is 4.98 Å². The van der Waals surface area contributed by atoms with Gasteiger partial charge < -0.3 is 4.74 Å². The zero-order valence-corrected chi connectivity index (χ0v) is 7.61. The number of aromatic nitrogens is 1. The fourth-order valence-corrected chi connectivity index (χ4v) is 0.888. The van der Waals surface area contributed by atoms with Gasteiger partial charge in [-0.05, 0) is 15.9 Å². The van der Waals surface area contributed by atoms with Crippen LogP contribution in [0.1, 0.15) is 0 Å². The molecule has 0 aliphatic heterocycles. The Morgan fingerprint density at radius 1 is 1.70 bits per heavy atom. The number of pyridine rings is 1. The number of rotatable bonds is 1. The number of halogens is 2. The van der Waals surface area contributed by atoms with Gasteiger partial charge >= 0.3 is 0 Å². The first kappa shape index (κ1) is 7.82. The van der Waals surface area contributed by atoms with Crippen molar-refractivity contribution in [3.8, 4) is 5.75 Å². The van der Waals surface area contributed by atoms with Crippen molar-refractivity contribution >= 4 is 27.5 Å². The number of methoxy groups -OCH3 is 1. The van der Waals surface area contributed by atoms with Gasteiger partial charge in [0.05, 0.1) is 18.3 Å². The molecule has 1 aromatic rings. The summed E-state index contributed by atoms with van der Waals surface area (Å²) in [6.45, 7) is 0. The average molecular weight is 222 g/mol. The van der Waals surface area contributed by atoms with Gasteiger partial charge in [0.2, 0.25) is 0 Å². The van der Waals surface area contributed by atoms with Gasteiger partial charge in [-0.3, -0.25) is 0 Å². The van der Waals surface area contributed by atoms with Crippen molar-refractivity contribution in [2.75, 3.05) is 7.11 Å². The lowest BCUT2D eigenvalue weighted by molar-refractivity contribution is 0.412. The molecule has 0 bridgehead atoms. The summed E-state index contributed by atoms with van der Waals surface area (Å²) in [5.74, 6) is 0.660. The molecule has 0 amide bonds. The molecule has 0 unspecified atom stereocenters. The second-order valence-corrected chi connectivity index (χ2v) is 2.81. The van der Waals surface area contributed by atoms with Gasteiger partial charge in [-0.15, -0.1) is 0 Å². The van der Waals surface area contributed by atoms with E-state index < -0.39 is 0 Å². The van der Waals surface area contributed by atoms with Crippen molar-refractivity contribution in [2.45, 2.75) is 0 Å². The van der Waals surface area contributed by atoms with Crippen LogP contribution < -0.4 is 4.74 Å². The van der Waals surface area contributed by atoms with Gasteiger partial charge in [-0.1, -0.05) is 11.6 Å². The molecule has 0 aliphatic rings. The highest BCUT2D eigenvalue weighted by Gasteiger charge is 1.98. The Bertz CT molecular complexity index is 241. The first-order valence-corrected chi connectivity index (χ1v) is 3.76. The van der Waals surface area contributed by atoms with Gasteiger partial charge in [0.15, 0.2) is 0 Å². The maximum Gasteiger partial charge on any atom is 0.138 e. The molecule has 54 valence electrons. The Hall–Kier alpha value is -0.280. The zero-order chi connectivity index (χ0) is 7.56. The molecular weight excluding hydrogens is 217 g/mol. The fraction of sp³-hybridized carbons (Fsp3) is 0.167. The molecule has 0 fully saturated rings. The van der Waals surface area contributed by atoms with E-state index in [1.54, 1.807) is 19.4 Å². The zero-order valence-electron chi connectivity index (χ0n) is 5.27. The van der Waals surface area contributed by atoms with Crippen molar-refractivity contribution in [2.24, 2.45) is 0 Å². The van der Waals surface area contributed by atoms with Crippen molar-refractivity contribution in [3.63, 3.8) is 0 Å². The van der Waals surface area contributed by atoms with E-state index in [0.29, 0.717) is 15.4 Å². The van der Waals surface area contributed by atoms with Crippen LogP contribution >= 0.6 is 27.5 Å². The van der Waals surface area contributed by atoms with E-state index >= 15 is 0 Å². The first-order valence-electron chi connectivity index (χ1n) is 2.59. The minimum absolute atomic E-state index is 0.555. The summed E-state index contributed by atoms with van der Waals surface area (Å²) in [5, 5.41) is 0.555. The second kappa shape index (κ2) is 3.21.